The molecule has 0 aromatic heterocycles. The number of carbonyl (C=O) groups is 1. The summed E-state index contributed by atoms with van der Waals surface area (Å²) in [6, 6.07) is 0. The lowest BCUT2D eigenvalue weighted by Gasteiger charge is -2.30. The van der Waals surface area contributed by atoms with Gasteiger partial charge in [0.05, 0.1) is 0 Å². The van der Waals surface area contributed by atoms with Crippen molar-refractivity contribution >= 4 is 14.5 Å². The maximum Gasteiger partial charge on any atom is 0.376 e. The van der Waals surface area contributed by atoms with Crippen LogP contribution < -0.4 is 0 Å². The van der Waals surface area contributed by atoms with E-state index in [9.17, 15) is 4.79 Å². The summed E-state index contributed by atoms with van der Waals surface area (Å²) in [6.07, 6.45) is 1.14. The molecule has 0 radical (unpaired) electrons. The fourth-order valence-corrected chi connectivity index (χ4v) is 3.21. The van der Waals surface area contributed by atoms with E-state index in [1.54, 1.807) is 6.92 Å². The molecule has 0 fully saturated rings. The maximum absolute atomic E-state index is 11.0. The van der Waals surface area contributed by atoms with Gasteiger partial charge in [0.2, 0.25) is 0 Å². The van der Waals surface area contributed by atoms with Crippen LogP contribution in [-0.2, 0) is 18.4 Å². The van der Waals surface area contributed by atoms with Gasteiger partial charge in [0.15, 0.2) is 0 Å². The first-order valence-corrected chi connectivity index (χ1v) is 7.50. The Morgan fingerprint density at radius 3 is 2.20 bits per heavy atom. The predicted octanol–water partition coefficient (Wildman–Crippen LogP) is 1.79. The lowest BCUT2D eigenvalue weighted by atomic mass is 10.6. The second kappa shape index (κ2) is 6.76. The third-order valence-electron chi connectivity index (χ3n) is 2.06. The average molecular weight is 232 g/mol. The molecule has 0 aliphatic rings. The van der Waals surface area contributed by atoms with Crippen molar-refractivity contribution < 1.29 is 18.4 Å². The van der Waals surface area contributed by atoms with Crippen molar-refractivity contribution in [2.75, 3.05) is 13.2 Å². The van der Waals surface area contributed by atoms with E-state index in [4.69, 9.17) is 13.6 Å². The molecular formula is C10H20O4Si. The van der Waals surface area contributed by atoms with Gasteiger partial charge in [-0.3, -0.25) is 0 Å². The molecule has 0 aromatic rings. The molecule has 1 atom stereocenters. The molecule has 5 heteroatoms. The predicted molar refractivity (Wildman–Crippen MR) is 60.6 cm³/mol. The molecule has 4 nitrogen and oxygen atoms in total. The van der Waals surface area contributed by atoms with Crippen molar-refractivity contribution in [2.45, 2.75) is 33.0 Å². The summed E-state index contributed by atoms with van der Waals surface area (Å²) in [6.45, 7) is 11.9. The Hall–Kier alpha value is -0.653. The molecule has 88 valence electrons. The van der Waals surface area contributed by atoms with Crippen molar-refractivity contribution in [3.63, 3.8) is 0 Å². The van der Waals surface area contributed by atoms with Crippen LogP contribution in [0.15, 0.2) is 12.7 Å². The van der Waals surface area contributed by atoms with Crippen LogP contribution in [0.5, 0.6) is 0 Å². The molecule has 0 heterocycles. The van der Waals surface area contributed by atoms with E-state index in [1.807, 2.05) is 20.4 Å². The smallest absolute Gasteiger partial charge is 0.376 e. The second-order valence-electron chi connectivity index (χ2n) is 3.17. The van der Waals surface area contributed by atoms with Gasteiger partial charge in [-0.1, -0.05) is 6.58 Å². The van der Waals surface area contributed by atoms with Crippen LogP contribution in [0.1, 0.15) is 20.8 Å². The molecular weight excluding hydrogens is 212 g/mol. The summed E-state index contributed by atoms with van der Waals surface area (Å²) in [5.74, 6) is -0.444. The summed E-state index contributed by atoms with van der Waals surface area (Å²) in [5, 5.41) is 0. The SMILES string of the molecule is C=CC(=O)OC(C)[Si](C)(OCC)OCC. The zero-order valence-electron chi connectivity index (χ0n) is 9.91. The van der Waals surface area contributed by atoms with Crippen LogP contribution in [0.25, 0.3) is 0 Å². The van der Waals surface area contributed by atoms with Gasteiger partial charge in [0, 0.05) is 19.3 Å². The quantitative estimate of drug-likeness (QED) is 0.381. The number of rotatable bonds is 7. The number of carbonyl (C=O) groups excluding carboxylic acids is 1. The zero-order valence-corrected chi connectivity index (χ0v) is 10.9. The highest BCUT2D eigenvalue weighted by atomic mass is 28.4. The molecule has 0 amide bonds. The van der Waals surface area contributed by atoms with E-state index in [0.717, 1.165) is 6.08 Å². The van der Waals surface area contributed by atoms with Crippen molar-refractivity contribution in [1.29, 1.82) is 0 Å². The second-order valence-corrected chi connectivity index (χ2v) is 6.59. The molecule has 0 rings (SSSR count). The lowest BCUT2D eigenvalue weighted by Crippen LogP contribution is -2.51. The van der Waals surface area contributed by atoms with Gasteiger partial charge in [0.1, 0.15) is 5.73 Å². The van der Waals surface area contributed by atoms with Crippen LogP contribution in [0.4, 0.5) is 0 Å². The topological polar surface area (TPSA) is 44.8 Å². The van der Waals surface area contributed by atoms with Crippen molar-refractivity contribution in [3.8, 4) is 0 Å². The number of esters is 1. The molecule has 0 saturated heterocycles. The molecule has 0 aromatic carbocycles. The Kier molecular flexibility index (Phi) is 6.47. The Balaban J connectivity index is 4.45. The fourth-order valence-electron chi connectivity index (χ4n) is 1.18. The van der Waals surface area contributed by atoms with Gasteiger partial charge in [-0.25, -0.2) is 4.79 Å². The normalized spacial score (nSPS) is 13.3. The maximum atomic E-state index is 11.0. The van der Waals surface area contributed by atoms with Gasteiger partial charge in [-0.15, -0.1) is 0 Å². The molecule has 0 aliphatic heterocycles. The van der Waals surface area contributed by atoms with E-state index in [0.29, 0.717) is 13.2 Å². The van der Waals surface area contributed by atoms with Gasteiger partial charge < -0.3 is 13.6 Å². The van der Waals surface area contributed by atoms with E-state index in [2.05, 4.69) is 6.58 Å². The fraction of sp³-hybridized carbons (Fsp3) is 0.700. The molecule has 0 N–H and O–H groups in total. The minimum atomic E-state index is -2.42. The Labute approximate surface area is 92.5 Å². The molecule has 0 aliphatic carbocycles. The first-order valence-electron chi connectivity index (χ1n) is 5.11. The summed E-state index contributed by atoms with van der Waals surface area (Å²) in [5.41, 5.74) is -0.345. The first kappa shape index (κ1) is 14.3. The highest BCUT2D eigenvalue weighted by Gasteiger charge is 2.40. The minimum Gasteiger partial charge on any atom is -0.458 e. The van der Waals surface area contributed by atoms with Crippen LogP contribution in [0.2, 0.25) is 6.55 Å². The lowest BCUT2D eigenvalue weighted by molar-refractivity contribution is -0.140. The van der Waals surface area contributed by atoms with Crippen molar-refractivity contribution in [2.24, 2.45) is 0 Å². The van der Waals surface area contributed by atoms with Crippen LogP contribution in [0.3, 0.4) is 0 Å². The summed E-state index contributed by atoms with van der Waals surface area (Å²) >= 11 is 0. The monoisotopic (exact) mass is 232 g/mol. The third-order valence-corrected chi connectivity index (χ3v) is 5.38. The van der Waals surface area contributed by atoms with Gasteiger partial charge >= 0.3 is 14.5 Å². The Bertz CT molecular complexity index is 211. The molecule has 0 saturated carbocycles. The Morgan fingerprint density at radius 1 is 1.40 bits per heavy atom. The average Bonchev–Trinajstić information content (AvgIpc) is 2.18. The molecule has 15 heavy (non-hydrogen) atoms. The summed E-state index contributed by atoms with van der Waals surface area (Å²) < 4.78 is 16.3. The Morgan fingerprint density at radius 2 is 1.87 bits per heavy atom. The van der Waals surface area contributed by atoms with Crippen LogP contribution in [0, 0.1) is 0 Å². The van der Waals surface area contributed by atoms with Crippen LogP contribution >= 0.6 is 0 Å². The van der Waals surface area contributed by atoms with Gasteiger partial charge in [-0.05, 0) is 27.3 Å². The number of hydrogen-bond donors (Lipinski definition) is 0. The largest absolute Gasteiger partial charge is 0.458 e. The van der Waals surface area contributed by atoms with Crippen molar-refractivity contribution in [1.82, 2.24) is 0 Å². The minimum absolute atomic E-state index is 0.345. The third kappa shape index (κ3) is 4.59. The number of hydrogen-bond acceptors (Lipinski definition) is 4. The first-order chi connectivity index (χ1) is 7.00. The molecule has 1 unspecified atom stereocenters. The van der Waals surface area contributed by atoms with E-state index in [1.165, 1.54) is 0 Å². The zero-order chi connectivity index (χ0) is 11.9. The van der Waals surface area contributed by atoms with Crippen LogP contribution in [-0.4, -0.2) is 33.5 Å². The highest BCUT2D eigenvalue weighted by Crippen LogP contribution is 2.15. The number of ether oxygens (including phenoxy) is 1. The standard InChI is InChI=1S/C10H20O4Si/c1-6-10(11)14-9(4)15(5,12-7-2)13-8-3/h6,9H,1,7-8H2,2-5H3. The van der Waals surface area contributed by atoms with Gasteiger partial charge in [0.25, 0.3) is 0 Å². The molecule has 0 bridgehead atoms. The highest BCUT2D eigenvalue weighted by molar-refractivity contribution is 6.67. The summed E-state index contributed by atoms with van der Waals surface area (Å²) in [7, 11) is -2.42. The van der Waals surface area contributed by atoms with E-state index >= 15 is 0 Å². The van der Waals surface area contributed by atoms with Crippen molar-refractivity contribution in [3.05, 3.63) is 12.7 Å². The van der Waals surface area contributed by atoms with E-state index in [-0.39, 0.29) is 5.73 Å². The molecule has 0 spiro atoms. The summed E-state index contributed by atoms with van der Waals surface area (Å²) in [4.78, 5) is 11.0. The van der Waals surface area contributed by atoms with E-state index < -0.39 is 14.5 Å². The van der Waals surface area contributed by atoms with Gasteiger partial charge in [-0.2, -0.15) is 0 Å².